The molecule has 2 fully saturated rings. The van der Waals surface area contributed by atoms with Crippen LogP contribution in [0.25, 0.3) is 0 Å². The molecule has 0 bridgehead atoms. The van der Waals surface area contributed by atoms with Crippen molar-refractivity contribution in [2.24, 2.45) is 16.6 Å². The number of carbonyl (C=O) groups excluding carboxylic acids is 1. The summed E-state index contributed by atoms with van der Waals surface area (Å²) in [6, 6.07) is 0. The molecular weight excluding hydrogens is 366 g/mol. The number of nitrogens with two attached hydrogens (primary N) is 1. The van der Waals surface area contributed by atoms with Crippen molar-refractivity contribution in [3.05, 3.63) is 0 Å². The van der Waals surface area contributed by atoms with Crippen molar-refractivity contribution in [2.45, 2.75) is 44.3 Å². The van der Waals surface area contributed by atoms with Gasteiger partial charge < -0.3 is 20.9 Å². The lowest BCUT2D eigenvalue weighted by atomic mass is 9.96. The normalized spacial score (nSPS) is 24.0. The third-order valence-electron chi connectivity index (χ3n) is 5.73. The molecule has 2 saturated heterocycles. The molecule has 9 heteroatoms. The molecule has 0 saturated carbocycles. The summed E-state index contributed by atoms with van der Waals surface area (Å²) in [5.74, 6) is 0.824. The highest BCUT2D eigenvalue weighted by Crippen LogP contribution is 2.23. The number of unbranched alkanes of at least 4 members (excludes halogenated alkanes) is 1. The van der Waals surface area contributed by atoms with Gasteiger partial charge in [-0.2, -0.15) is 0 Å². The van der Waals surface area contributed by atoms with Crippen molar-refractivity contribution in [2.75, 3.05) is 52.1 Å². The van der Waals surface area contributed by atoms with Crippen LogP contribution in [0, 0.1) is 5.92 Å². The highest BCUT2D eigenvalue weighted by atomic mass is 32.2. The van der Waals surface area contributed by atoms with E-state index in [1.165, 1.54) is 0 Å². The first-order chi connectivity index (χ1) is 12.7. The molecule has 8 nitrogen and oxygen atoms in total. The van der Waals surface area contributed by atoms with Gasteiger partial charge >= 0.3 is 0 Å². The van der Waals surface area contributed by atoms with Gasteiger partial charge in [-0.1, -0.05) is 0 Å². The second-order valence-electron chi connectivity index (χ2n) is 8.20. The second-order valence-corrected chi connectivity index (χ2v) is 10.9. The van der Waals surface area contributed by atoms with Crippen LogP contribution in [0.3, 0.4) is 0 Å². The number of hydrogen-bond acceptors (Lipinski definition) is 5. The summed E-state index contributed by atoms with van der Waals surface area (Å²) in [4.78, 5) is 20.0. The van der Waals surface area contributed by atoms with Crippen molar-refractivity contribution >= 4 is 21.7 Å². The number of primary amides is 1. The minimum atomic E-state index is -3.05. The topological polar surface area (TPSA) is 108 Å². The summed E-state index contributed by atoms with van der Waals surface area (Å²) in [5, 5.41) is 3.37. The van der Waals surface area contributed by atoms with Gasteiger partial charge in [0.1, 0.15) is 0 Å². The van der Waals surface area contributed by atoms with Gasteiger partial charge in [0.25, 0.3) is 0 Å². The number of piperidine rings is 1. The van der Waals surface area contributed by atoms with Crippen LogP contribution in [-0.4, -0.2) is 86.9 Å². The number of sulfone groups is 1. The molecule has 2 aliphatic heterocycles. The van der Waals surface area contributed by atoms with E-state index in [9.17, 15) is 13.2 Å². The molecule has 0 aromatic carbocycles. The van der Waals surface area contributed by atoms with Gasteiger partial charge in [-0.3, -0.25) is 9.79 Å². The molecule has 2 aliphatic rings. The Hall–Kier alpha value is -1.35. The summed E-state index contributed by atoms with van der Waals surface area (Å²) in [6.45, 7) is 8.24. The molecule has 2 heterocycles. The second kappa shape index (κ2) is 9.23. The fraction of sp³-hybridized carbons (Fsp3) is 0.889. The molecular formula is C18H35N5O3S. The number of guanidine groups is 1. The minimum absolute atomic E-state index is 0.0452. The third-order valence-corrected chi connectivity index (χ3v) is 8.26. The number of amides is 1. The summed E-state index contributed by atoms with van der Waals surface area (Å²) in [5.41, 5.74) is 5.37. The molecule has 0 spiro atoms. The number of nitrogens with zero attached hydrogens (tertiary/aromatic N) is 3. The molecule has 1 amide bonds. The van der Waals surface area contributed by atoms with Crippen molar-refractivity contribution in [1.29, 1.82) is 0 Å². The van der Waals surface area contributed by atoms with Crippen LogP contribution in [-0.2, 0) is 14.6 Å². The molecule has 0 atom stereocenters. The van der Waals surface area contributed by atoms with Crippen LogP contribution < -0.4 is 11.1 Å². The van der Waals surface area contributed by atoms with Gasteiger partial charge in [-0.15, -0.1) is 0 Å². The van der Waals surface area contributed by atoms with E-state index in [4.69, 9.17) is 5.73 Å². The summed E-state index contributed by atoms with van der Waals surface area (Å²) < 4.78 is 23.5. The van der Waals surface area contributed by atoms with Crippen molar-refractivity contribution in [3.63, 3.8) is 0 Å². The standard InChI is InChI=1S/C18H35N5O3S/c1-18(2)14-23(12-13-27(18,25)26)17(20-3)21-8-4-5-9-22-10-6-15(7-11-22)16(19)24/h15H,4-14H2,1-3H3,(H2,19,24)(H,20,21). The fourth-order valence-corrected chi connectivity index (χ4v) is 5.12. The van der Waals surface area contributed by atoms with Crippen molar-refractivity contribution < 1.29 is 13.2 Å². The first-order valence-corrected chi connectivity index (χ1v) is 11.5. The molecule has 0 aromatic rings. The fourth-order valence-electron chi connectivity index (χ4n) is 3.76. The maximum absolute atomic E-state index is 12.1. The van der Waals surface area contributed by atoms with Gasteiger partial charge in [0, 0.05) is 32.6 Å². The highest BCUT2D eigenvalue weighted by Gasteiger charge is 2.40. The molecule has 3 N–H and O–H groups in total. The van der Waals surface area contributed by atoms with E-state index in [1.54, 1.807) is 20.9 Å². The molecule has 2 rings (SSSR count). The first-order valence-electron chi connectivity index (χ1n) is 9.86. The molecule has 0 radical (unpaired) electrons. The van der Waals surface area contributed by atoms with Gasteiger partial charge in [0.15, 0.2) is 15.8 Å². The van der Waals surface area contributed by atoms with E-state index >= 15 is 0 Å². The van der Waals surface area contributed by atoms with Crippen LogP contribution in [0.5, 0.6) is 0 Å². The Morgan fingerprint density at radius 2 is 1.89 bits per heavy atom. The number of hydrogen-bond donors (Lipinski definition) is 2. The SMILES string of the molecule is CN=C(NCCCCN1CCC(C(N)=O)CC1)N1CCS(=O)(=O)C(C)(C)C1. The van der Waals surface area contributed by atoms with E-state index in [0.29, 0.717) is 13.1 Å². The Labute approximate surface area is 163 Å². The van der Waals surface area contributed by atoms with E-state index in [2.05, 4.69) is 15.2 Å². The van der Waals surface area contributed by atoms with Crippen LogP contribution in [0.4, 0.5) is 0 Å². The Morgan fingerprint density at radius 1 is 1.22 bits per heavy atom. The molecule has 0 aliphatic carbocycles. The largest absolute Gasteiger partial charge is 0.369 e. The van der Waals surface area contributed by atoms with Crippen molar-refractivity contribution in [3.8, 4) is 0 Å². The highest BCUT2D eigenvalue weighted by molar-refractivity contribution is 7.92. The number of carbonyl (C=O) groups is 1. The zero-order valence-corrected chi connectivity index (χ0v) is 17.7. The Bertz CT molecular complexity index is 639. The van der Waals surface area contributed by atoms with Gasteiger partial charge in [0.05, 0.1) is 10.5 Å². The lowest BCUT2D eigenvalue weighted by Crippen LogP contribution is -2.57. The zero-order chi connectivity index (χ0) is 20.1. The predicted molar refractivity (Wildman–Crippen MR) is 108 cm³/mol. The number of nitrogens with one attached hydrogen (secondary N) is 1. The maximum atomic E-state index is 12.1. The Kier molecular flexibility index (Phi) is 7.50. The lowest BCUT2D eigenvalue weighted by Gasteiger charge is -2.39. The molecule has 0 unspecified atom stereocenters. The lowest BCUT2D eigenvalue weighted by molar-refractivity contribution is -0.123. The van der Waals surface area contributed by atoms with E-state index in [1.807, 2.05) is 4.90 Å². The van der Waals surface area contributed by atoms with Gasteiger partial charge in [-0.25, -0.2) is 8.42 Å². The Morgan fingerprint density at radius 3 is 2.44 bits per heavy atom. The average Bonchev–Trinajstić information content (AvgIpc) is 2.61. The van der Waals surface area contributed by atoms with Gasteiger partial charge in [0.2, 0.25) is 5.91 Å². The molecule has 27 heavy (non-hydrogen) atoms. The summed E-state index contributed by atoms with van der Waals surface area (Å²) >= 11 is 0. The zero-order valence-electron chi connectivity index (χ0n) is 16.9. The first kappa shape index (κ1) is 21.9. The van der Waals surface area contributed by atoms with Crippen molar-refractivity contribution in [1.82, 2.24) is 15.1 Å². The maximum Gasteiger partial charge on any atom is 0.220 e. The monoisotopic (exact) mass is 401 g/mol. The third kappa shape index (κ3) is 5.81. The number of rotatable bonds is 6. The van der Waals surface area contributed by atoms with Crippen LogP contribution in [0.1, 0.15) is 39.5 Å². The van der Waals surface area contributed by atoms with Gasteiger partial charge in [-0.05, 0) is 59.2 Å². The summed E-state index contributed by atoms with van der Waals surface area (Å²) in [6.07, 6.45) is 3.83. The predicted octanol–water partition coefficient (Wildman–Crippen LogP) is 0.0483. The average molecular weight is 402 g/mol. The number of likely N-dealkylation sites (tertiary alicyclic amines) is 1. The van der Waals surface area contributed by atoms with Crippen LogP contribution >= 0.6 is 0 Å². The summed E-state index contributed by atoms with van der Waals surface area (Å²) in [7, 11) is -1.31. The minimum Gasteiger partial charge on any atom is -0.369 e. The van der Waals surface area contributed by atoms with E-state index in [0.717, 1.165) is 57.8 Å². The van der Waals surface area contributed by atoms with Crippen LogP contribution in [0.2, 0.25) is 0 Å². The molecule has 0 aromatic heterocycles. The number of aliphatic imine (C=N–C) groups is 1. The Balaban J connectivity index is 1.67. The van der Waals surface area contributed by atoms with Crippen LogP contribution in [0.15, 0.2) is 4.99 Å². The smallest absolute Gasteiger partial charge is 0.220 e. The molecule has 156 valence electrons. The van der Waals surface area contributed by atoms with E-state index < -0.39 is 14.6 Å². The quantitative estimate of drug-likeness (QED) is 0.370. The van der Waals surface area contributed by atoms with E-state index in [-0.39, 0.29) is 17.6 Å².